The van der Waals surface area contributed by atoms with Crippen molar-refractivity contribution in [2.75, 3.05) is 29.9 Å². The van der Waals surface area contributed by atoms with Crippen LogP contribution in [0, 0.1) is 12.7 Å². The van der Waals surface area contributed by atoms with Gasteiger partial charge in [-0.1, -0.05) is 31.0 Å². The van der Waals surface area contributed by atoms with Crippen LogP contribution in [0.2, 0.25) is 0 Å². The lowest BCUT2D eigenvalue weighted by molar-refractivity contribution is 0.610. The normalized spacial score (nSPS) is 15.2. The van der Waals surface area contributed by atoms with Crippen molar-refractivity contribution in [1.29, 1.82) is 0 Å². The summed E-state index contributed by atoms with van der Waals surface area (Å²) in [6.45, 7) is 4.69. The summed E-state index contributed by atoms with van der Waals surface area (Å²) in [5, 5.41) is 3.31. The first kappa shape index (κ1) is 16.7. The molecule has 2 heterocycles. The zero-order chi connectivity index (χ0) is 16.8. The standard InChI is InChI=1S/C19H25FN4/c1-15-14-18(21-11-10-16-8-4-5-9-17(16)20)23-19(22-15)24-12-6-2-3-7-13-24/h4-5,8-9,14H,2-3,6-7,10-13H2,1H3,(H,21,22,23). The molecule has 0 atom stereocenters. The number of halogens is 1. The van der Waals surface area contributed by atoms with Crippen molar-refractivity contribution in [3.8, 4) is 0 Å². The van der Waals surface area contributed by atoms with Crippen LogP contribution >= 0.6 is 0 Å². The molecule has 5 heteroatoms. The molecule has 3 rings (SSSR count). The summed E-state index contributed by atoms with van der Waals surface area (Å²) in [4.78, 5) is 11.5. The van der Waals surface area contributed by atoms with Crippen LogP contribution in [0.25, 0.3) is 0 Å². The van der Waals surface area contributed by atoms with Crippen molar-refractivity contribution < 1.29 is 4.39 Å². The molecule has 0 amide bonds. The van der Waals surface area contributed by atoms with Gasteiger partial charge < -0.3 is 10.2 Å². The van der Waals surface area contributed by atoms with Gasteiger partial charge in [0, 0.05) is 31.4 Å². The minimum Gasteiger partial charge on any atom is -0.370 e. The van der Waals surface area contributed by atoms with E-state index in [2.05, 4.69) is 20.2 Å². The molecule has 1 aromatic heterocycles. The zero-order valence-corrected chi connectivity index (χ0v) is 14.3. The minimum absolute atomic E-state index is 0.150. The Morgan fingerprint density at radius 2 is 1.83 bits per heavy atom. The Balaban J connectivity index is 1.64. The number of hydrogen-bond acceptors (Lipinski definition) is 4. The molecule has 1 aliphatic heterocycles. The number of hydrogen-bond donors (Lipinski definition) is 1. The monoisotopic (exact) mass is 328 g/mol. The molecular weight excluding hydrogens is 303 g/mol. The van der Waals surface area contributed by atoms with Crippen LogP contribution in [-0.2, 0) is 6.42 Å². The van der Waals surface area contributed by atoms with Crippen LogP contribution in [0.4, 0.5) is 16.2 Å². The van der Waals surface area contributed by atoms with Gasteiger partial charge in [0.05, 0.1) is 0 Å². The number of rotatable bonds is 5. The molecule has 2 aromatic rings. The number of nitrogens with one attached hydrogen (secondary N) is 1. The highest BCUT2D eigenvalue weighted by Crippen LogP contribution is 2.18. The van der Waals surface area contributed by atoms with Gasteiger partial charge in [0.1, 0.15) is 11.6 Å². The predicted octanol–water partition coefficient (Wildman–Crippen LogP) is 3.96. The molecule has 0 aliphatic carbocycles. The van der Waals surface area contributed by atoms with Crippen LogP contribution in [0.15, 0.2) is 30.3 Å². The zero-order valence-electron chi connectivity index (χ0n) is 14.3. The van der Waals surface area contributed by atoms with E-state index in [-0.39, 0.29) is 5.82 Å². The Hall–Kier alpha value is -2.17. The maximum absolute atomic E-state index is 13.7. The summed E-state index contributed by atoms with van der Waals surface area (Å²) < 4.78 is 13.7. The summed E-state index contributed by atoms with van der Waals surface area (Å²) in [5.74, 6) is 1.48. The highest BCUT2D eigenvalue weighted by molar-refractivity contribution is 5.44. The third kappa shape index (κ3) is 4.43. The van der Waals surface area contributed by atoms with E-state index in [0.29, 0.717) is 13.0 Å². The highest BCUT2D eigenvalue weighted by Gasteiger charge is 2.13. The predicted molar refractivity (Wildman–Crippen MR) is 96.0 cm³/mol. The first-order valence-corrected chi connectivity index (χ1v) is 8.80. The summed E-state index contributed by atoms with van der Waals surface area (Å²) in [7, 11) is 0. The molecule has 4 nitrogen and oxygen atoms in total. The average molecular weight is 328 g/mol. The fourth-order valence-corrected chi connectivity index (χ4v) is 3.08. The molecule has 24 heavy (non-hydrogen) atoms. The van der Waals surface area contributed by atoms with Gasteiger partial charge in [-0.2, -0.15) is 4.98 Å². The second-order valence-corrected chi connectivity index (χ2v) is 6.36. The van der Waals surface area contributed by atoms with E-state index in [0.717, 1.165) is 36.1 Å². The van der Waals surface area contributed by atoms with Crippen molar-refractivity contribution in [3.63, 3.8) is 0 Å². The number of benzene rings is 1. The third-order valence-electron chi connectivity index (χ3n) is 4.39. The van der Waals surface area contributed by atoms with Crippen molar-refractivity contribution in [2.24, 2.45) is 0 Å². The quantitative estimate of drug-likeness (QED) is 0.902. The molecule has 0 saturated carbocycles. The van der Waals surface area contributed by atoms with Crippen molar-refractivity contribution in [2.45, 2.75) is 39.0 Å². The van der Waals surface area contributed by atoms with Crippen LogP contribution in [0.1, 0.15) is 36.9 Å². The second kappa shape index (κ2) is 8.08. The molecule has 1 aliphatic rings. The maximum Gasteiger partial charge on any atom is 0.227 e. The lowest BCUT2D eigenvalue weighted by Gasteiger charge is -2.21. The Morgan fingerprint density at radius 1 is 1.08 bits per heavy atom. The van der Waals surface area contributed by atoms with Crippen LogP contribution in [-0.4, -0.2) is 29.6 Å². The molecule has 1 aromatic carbocycles. The minimum atomic E-state index is -0.150. The second-order valence-electron chi connectivity index (χ2n) is 6.36. The Labute approximate surface area is 143 Å². The molecule has 0 spiro atoms. The molecule has 1 fully saturated rings. The van der Waals surface area contributed by atoms with Gasteiger partial charge in [0.2, 0.25) is 5.95 Å². The van der Waals surface area contributed by atoms with Crippen LogP contribution in [0.5, 0.6) is 0 Å². The van der Waals surface area contributed by atoms with Gasteiger partial charge >= 0.3 is 0 Å². The summed E-state index contributed by atoms with van der Waals surface area (Å²) in [5.41, 5.74) is 1.68. The number of aryl methyl sites for hydroxylation is 1. The van der Waals surface area contributed by atoms with Gasteiger partial charge in [-0.25, -0.2) is 9.37 Å². The largest absolute Gasteiger partial charge is 0.370 e. The Morgan fingerprint density at radius 3 is 2.58 bits per heavy atom. The molecule has 128 valence electrons. The van der Waals surface area contributed by atoms with E-state index < -0.39 is 0 Å². The fraction of sp³-hybridized carbons (Fsp3) is 0.474. The van der Waals surface area contributed by atoms with E-state index in [9.17, 15) is 4.39 Å². The maximum atomic E-state index is 13.7. The van der Waals surface area contributed by atoms with E-state index >= 15 is 0 Å². The van der Waals surface area contributed by atoms with Gasteiger partial charge in [-0.3, -0.25) is 0 Å². The van der Waals surface area contributed by atoms with E-state index in [1.807, 2.05) is 25.1 Å². The smallest absolute Gasteiger partial charge is 0.227 e. The average Bonchev–Trinajstić information content (AvgIpc) is 2.85. The molecule has 0 radical (unpaired) electrons. The van der Waals surface area contributed by atoms with Crippen molar-refractivity contribution in [3.05, 3.63) is 47.4 Å². The first-order valence-electron chi connectivity index (χ1n) is 8.80. The Bertz CT molecular complexity index is 666. The fourth-order valence-electron chi connectivity index (χ4n) is 3.08. The van der Waals surface area contributed by atoms with E-state index in [1.54, 1.807) is 6.07 Å². The summed E-state index contributed by atoms with van der Waals surface area (Å²) in [6, 6.07) is 8.85. The van der Waals surface area contributed by atoms with Crippen molar-refractivity contribution >= 4 is 11.8 Å². The van der Waals surface area contributed by atoms with Crippen molar-refractivity contribution in [1.82, 2.24) is 9.97 Å². The van der Waals surface area contributed by atoms with Gasteiger partial charge in [0.15, 0.2) is 0 Å². The summed E-state index contributed by atoms with van der Waals surface area (Å²) >= 11 is 0. The molecule has 1 saturated heterocycles. The summed E-state index contributed by atoms with van der Waals surface area (Å²) in [6.07, 6.45) is 5.61. The van der Waals surface area contributed by atoms with Gasteiger partial charge in [-0.15, -0.1) is 0 Å². The number of nitrogens with zero attached hydrogens (tertiary/aromatic N) is 3. The highest BCUT2D eigenvalue weighted by atomic mass is 19.1. The molecule has 0 bridgehead atoms. The molecular formula is C19H25FN4. The van der Waals surface area contributed by atoms with Crippen LogP contribution < -0.4 is 10.2 Å². The van der Waals surface area contributed by atoms with Gasteiger partial charge in [0.25, 0.3) is 0 Å². The van der Waals surface area contributed by atoms with E-state index in [1.165, 1.54) is 31.7 Å². The molecule has 1 N–H and O–H groups in total. The first-order chi connectivity index (χ1) is 11.7. The number of anilines is 2. The van der Waals surface area contributed by atoms with Gasteiger partial charge in [-0.05, 0) is 37.8 Å². The topological polar surface area (TPSA) is 41.1 Å². The lowest BCUT2D eigenvalue weighted by Crippen LogP contribution is -2.26. The SMILES string of the molecule is Cc1cc(NCCc2ccccc2F)nc(N2CCCCCC2)n1. The molecule has 0 unspecified atom stereocenters. The Kier molecular flexibility index (Phi) is 5.62. The third-order valence-corrected chi connectivity index (χ3v) is 4.39. The number of aromatic nitrogens is 2. The van der Waals surface area contributed by atoms with Crippen LogP contribution in [0.3, 0.4) is 0 Å². The van der Waals surface area contributed by atoms with E-state index in [4.69, 9.17) is 0 Å². The lowest BCUT2D eigenvalue weighted by atomic mass is 10.1.